The van der Waals surface area contributed by atoms with Gasteiger partial charge in [-0.15, -0.1) is 5.10 Å². The molecule has 0 fully saturated rings. The quantitative estimate of drug-likeness (QED) is 0.942. The molecule has 2 rings (SSSR count). The van der Waals surface area contributed by atoms with Crippen LogP contribution >= 0.6 is 27.5 Å². The van der Waals surface area contributed by atoms with Crippen LogP contribution in [0.3, 0.4) is 0 Å². The largest absolute Gasteiger partial charge is 0.312 e. The maximum absolute atomic E-state index is 13.0. The van der Waals surface area contributed by atoms with Gasteiger partial charge in [0.2, 0.25) is 0 Å². The average molecular weight is 316 g/mol. The van der Waals surface area contributed by atoms with Gasteiger partial charge in [-0.25, -0.2) is 4.39 Å². The summed E-state index contributed by atoms with van der Waals surface area (Å²) in [5.74, 6) is -0.235. The number of halogens is 2. The molecule has 17 heavy (non-hydrogen) atoms. The number of benzene rings is 1. The summed E-state index contributed by atoms with van der Waals surface area (Å²) in [7, 11) is 1.89. The summed E-state index contributed by atoms with van der Waals surface area (Å²) in [5.41, 5.74) is 1.05. The SMILES string of the molecule is CNC(Cc1ccc(F)cc1Br)c1cnns1. The van der Waals surface area contributed by atoms with Crippen LogP contribution in [0.15, 0.2) is 28.9 Å². The molecule has 0 aliphatic rings. The lowest BCUT2D eigenvalue weighted by molar-refractivity contribution is 0.595. The van der Waals surface area contributed by atoms with Gasteiger partial charge in [-0.3, -0.25) is 0 Å². The lowest BCUT2D eigenvalue weighted by Gasteiger charge is -2.14. The number of nitrogens with zero attached hydrogens (tertiary/aromatic N) is 2. The number of nitrogens with one attached hydrogen (secondary N) is 1. The molecule has 0 saturated carbocycles. The van der Waals surface area contributed by atoms with Crippen molar-refractivity contribution in [2.75, 3.05) is 7.05 Å². The van der Waals surface area contributed by atoms with Gasteiger partial charge in [0.25, 0.3) is 0 Å². The Morgan fingerprint density at radius 2 is 2.35 bits per heavy atom. The van der Waals surface area contributed by atoms with Gasteiger partial charge >= 0.3 is 0 Å². The van der Waals surface area contributed by atoms with E-state index in [1.807, 2.05) is 7.05 Å². The minimum absolute atomic E-state index is 0.150. The van der Waals surface area contributed by atoms with Crippen molar-refractivity contribution in [2.24, 2.45) is 0 Å². The van der Waals surface area contributed by atoms with Crippen LogP contribution in [-0.4, -0.2) is 16.6 Å². The van der Waals surface area contributed by atoms with E-state index in [0.717, 1.165) is 21.3 Å². The number of rotatable bonds is 4. The number of hydrogen-bond acceptors (Lipinski definition) is 4. The highest BCUT2D eigenvalue weighted by molar-refractivity contribution is 9.10. The molecule has 1 heterocycles. The van der Waals surface area contributed by atoms with Crippen molar-refractivity contribution in [1.82, 2.24) is 14.9 Å². The van der Waals surface area contributed by atoms with E-state index in [4.69, 9.17) is 0 Å². The smallest absolute Gasteiger partial charge is 0.124 e. The van der Waals surface area contributed by atoms with E-state index in [1.165, 1.54) is 23.7 Å². The lowest BCUT2D eigenvalue weighted by atomic mass is 10.1. The van der Waals surface area contributed by atoms with Gasteiger partial charge in [0.15, 0.2) is 0 Å². The molecule has 90 valence electrons. The van der Waals surface area contributed by atoms with Crippen LogP contribution < -0.4 is 5.32 Å². The Morgan fingerprint density at radius 3 is 2.94 bits per heavy atom. The van der Waals surface area contributed by atoms with Crippen LogP contribution in [0.1, 0.15) is 16.5 Å². The Bertz CT molecular complexity index is 489. The molecule has 1 aromatic carbocycles. The molecule has 6 heteroatoms. The Kier molecular flexibility index (Phi) is 4.20. The molecule has 0 aliphatic heterocycles. The van der Waals surface area contributed by atoms with Gasteiger partial charge in [0.05, 0.1) is 11.1 Å². The maximum Gasteiger partial charge on any atom is 0.124 e. The predicted octanol–water partition coefficient (Wildman–Crippen LogP) is 2.94. The van der Waals surface area contributed by atoms with Gasteiger partial charge in [0.1, 0.15) is 5.82 Å². The van der Waals surface area contributed by atoms with Crippen LogP contribution in [0.4, 0.5) is 4.39 Å². The summed E-state index contributed by atoms with van der Waals surface area (Å²) in [4.78, 5) is 1.07. The average Bonchev–Trinajstić information content (AvgIpc) is 2.81. The van der Waals surface area contributed by atoms with Crippen molar-refractivity contribution in [3.8, 4) is 0 Å². The Balaban J connectivity index is 2.19. The summed E-state index contributed by atoms with van der Waals surface area (Å²) >= 11 is 4.74. The van der Waals surface area contributed by atoms with E-state index in [-0.39, 0.29) is 11.9 Å². The molecule has 0 bridgehead atoms. The van der Waals surface area contributed by atoms with E-state index >= 15 is 0 Å². The van der Waals surface area contributed by atoms with Crippen molar-refractivity contribution in [2.45, 2.75) is 12.5 Å². The monoisotopic (exact) mass is 315 g/mol. The normalized spacial score (nSPS) is 12.6. The molecule has 0 aliphatic carbocycles. The fourth-order valence-electron chi connectivity index (χ4n) is 1.58. The predicted molar refractivity (Wildman–Crippen MR) is 69.5 cm³/mol. The molecule has 1 unspecified atom stereocenters. The summed E-state index contributed by atoms with van der Waals surface area (Å²) < 4.78 is 17.6. The van der Waals surface area contributed by atoms with Crippen molar-refractivity contribution in [1.29, 1.82) is 0 Å². The third kappa shape index (κ3) is 3.08. The van der Waals surface area contributed by atoms with E-state index in [1.54, 1.807) is 12.3 Å². The number of aromatic nitrogens is 2. The Hall–Kier alpha value is -0.850. The minimum atomic E-state index is -0.235. The highest BCUT2D eigenvalue weighted by Gasteiger charge is 2.14. The van der Waals surface area contributed by atoms with Crippen LogP contribution in [0, 0.1) is 5.82 Å². The standard InChI is InChI=1S/C11H11BrFN3S/c1-14-10(11-6-15-16-17-11)4-7-2-3-8(13)5-9(7)12/h2-3,5-6,10,14H,4H2,1H3. The highest BCUT2D eigenvalue weighted by atomic mass is 79.9. The first-order valence-electron chi connectivity index (χ1n) is 5.09. The third-order valence-corrected chi connectivity index (χ3v) is 4.02. The van der Waals surface area contributed by atoms with Gasteiger partial charge in [-0.2, -0.15) is 0 Å². The molecule has 0 radical (unpaired) electrons. The lowest BCUT2D eigenvalue weighted by Crippen LogP contribution is -2.18. The molecule has 2 aromatic rings. The van der Waals surface area contributed by atoms with E-state index < -0.39 is 0 Å². The summed E-state index contributed by atoms with van der Waals surface area (Å²) in [6.07, 6.45) is 2.52. The summed E-state index contributed by atoms with van der Waals surface area (Å²) in [6.45, 7) is 0. The molecular formula is C11H11BrFN3S. The zero-order chi connectivity index (χ0) is 12.3. The zero-order valence-corrected chi connectivity index (χ0v) is 11.6. The van der Waals surface area contributed by atoms with E-state index in [0.29, 0.717) is 0 Å². The first-order chi connectivity index (χ1) is 8.20. The molecule has 1 aromatic heterocycles. The van der Waals surface area contributed by atoms with Gasteiger partial charge in [-0.1, -0.05) is 26.5 Å². The second-order valence-electron chi connectivity index (χ2n) is 3.60. The Labute approximate surface area is 111 Å². The summed E-state index contributed by atoms with van der Waals surface area (Å²) in [5, 5.41) is 7.04. The third-order valence-electron chi connectivity index (χ3n) is 2.51. The topological polar surface area (TPSA) is 37.8 Å². The maximum atomic E-state index is 13.0. The van der Waals surface area contributed by atoms with Gasteiger partial charge < -0.3 is 5.32 Å². The summed E-state index contributed by atoms with van der Waals surface area (Å²) in [6, 6.07) is 4.89. The van der Waals surface area contributed by atoms with Crippen LogP contribution in [-0.2, 0) is 6.42 Å². The molecule has 0 spiro atoms. The number of hydrogen-bond donors (Lipinski definition) is 1. The van der Waals surface area contributed by atoms with E-state index in [2.05, 4.69) is 30.8 Å². The molecule has 1 N–H and O–H groups in total. The fourth-order valence-corrected chi connectivity index (χ4v) is 2.70. The second-order valence-corrected chi connectivity index (χ2v) is 5.27. The highest BCUT2D eigenvalue weighted by Crippen LogP contribution is 2.25. The van der Waals surface area contributed by atoms with Crippen molar-refractivity contribution < 1.29 is 4.39 Å². The molecule has 3 nitrogen and oxygen atoms in total. The first kappa shape index (κ1) is 12.6. The van der Waals surface area contributed by atoms with Gasteiger partial charge in [-0.05, 0) is 42.7 Å². The van der Waals surface area contributed by atoms with Crippen molar-refractivity contribution in [3.63, 3.8) is 0 Å². The van der Waals surface area contributed by atoms with Crippen LogP contribution in [0.2, 0.25) is 0 Å². The second kappa shape index (κ2) is 5.66. The van der Waals surface area contributed by atoms with Crippen LogP contribution in [0.5, 0.6) is 0 Å². The molecular weight excluding hydrogens is 305 g/mol. The van der Waals surface area contributed by atoms with Crippen LogP contribution in [0.25, 0.3) is 0 Å². The van der Waals surface area contributed by atoms with Crippen molar-refractivity contribution in [3.05, 3.63) is 45.1 Å². The van der Waals surface area contributed by atoms with Crippen molar-refractivity contribution >= 4 is 27.5 Å². The Morgan fingerprint density at radius 1 is 1.53 bits per heavy atom. The molecule has 0 amide bonds. The zero-order valence-electron chi connectivity index (χ0n) is 9.15. The fraction of sp³-hybridized carbons (Fsp3) is 0.273. The number of likely N-dealkylation sites (N-methyl/N-ethyl adjacent to an activating group) is 1. The first-order valence-corrected chi connectivity index (χ1v) is 6.66. The van der Waals surface area contributed by atoms with E-state index in [9.17, 15) is 4.39 Å². The molecule has 1 atom stereocenters. The van der Waals surface area contributed by atoms with Gasteiger partial charge in [0, 0.05) is 10.5 Å². The minimum Gasteiger partial charge on any atom is -0.312 e. The molecule has 0 saturated heterocycles.